The van der Waals surface area contributed by atoms with Crippen LogP contribution in [-0.2, 0) is 4.74 Å². The number of hydrogen-bond donors (Lipinski definition) is 2. The lowest BCUT2D eigenvalue weighted by Gasteiger charge is -2.30. The van der Waals surface area contributed by atoms with Crippen molar-refractivity contribution < 1.29 is 9.84 Å². The number of nitrogens with one attached hydrogen (secondary N) is 1. The average molecular weight is 203 g/mol. The molecule has 0 heterocycles. The summed E-state index contributed by atoms with van der Waals surface area (Å²) in [5.41, 5.74) is -0.270. The Morgan fingerprint density at radius 2 is 1.86 bits per heavy atom. The Morgan fingerprint density at radius 1 is 1.29 bits per heavy atom. The Labute approximate surface area is 87.8 Å². The van der Waals surface area contributed by atoms with Crippen LogP contribution in [0.4, 0.5) is 0 Å². The standard InChI is InChI=1S/C11H25NO2/c1-6-10(2,3)14-8-7-11(4,9-13)12-5/h12-13H,6-9H2,1-5H3. The molecule has 1 unspecified atom stereocenters. The maximum atomic E-state index is 9.15. The van der Waals surface area contributed by atoms with Gasteiger partial charge in [-0.2, -0.15) is 0 Å². The molecule has 0 spiro atoms. The number of rotatable bonds is 7. The van der Waals surface area contributed by atoms with Crippen LogP contribution in [0.15, 0.2) is 0 Å². The molecule has 14 heavy (non-hydrogen) atoms. The smallest absolute Gasteiger partial charge is 0.0623 e. The fourth-order valence-electron chi connectivity index (χ4n) is 0.938. The van der Waals surface area contributed by atoms with Gasteiger partial charge in [-0.1, -0.05) is 6.92 Å². The van der Waals surface area contributed by atoms with Crippen LogP contribution in [0, 0.1) is 0 Å². The van der Waals surface area contributed by atoms with Crippen LogP contribution in [-0.4, -0.2) is 36.5 Å². The Bertz CT molecular complexity index is 153. The van der Waals surface area contributed by atoms with Crippen LogP contribution in [0.25, 0.3) is 0 Å². The minimum atomic E-state index is -0.218. The zero-order chi connectivity index (χ0) is 11.2. The second-order valence-corrected chi connectivity index (χ2v) is 4.68. The maximum absolute atomic E-state index is 9.15. The van der Waals surface area contributed by atoms with Gasteiger partial charge in [-0.05, 0) is 40.7 Å². The number of hydrogen-bond acceptors (Lipinski definition) is 3. The van der Waals surface area contributed by atoms with Crippen molar-refractivity contribution in [3.63, 3.8) is 0 Å². The van der Waals surface area contributed by atoms with Crippen molar-refractivity contribution in [3.8, 4) is 0 Å². The van der Waals surface area contributed by atoms with E-state index in [1.165, 1.54) is 0 Å². The molecule has 0 fully saturated rings. The monoisotopic (exact) mass is 203 g/mol. The van der Waals surface area contributed by atoms with E-state index in [0.717, 1.165) is 12.8 Å². The van der Waals surface area contributed by atoms with Crippen molar-refractivity contribution in [2.75, 3.05) is 20.3 Å². The van der Waals surface area contributed by atoms with Crippen LogP contribution in [0.3, 0.4) is 0 Å². The Balaban J connectivity index is 3.83. The summed E-state index contributed by atoms with van der Waals surface area (Å²) in [6, 6.07) is 0. The van der Waals surface area contributed by atoms with Crippen molar-refractivity contribution in [2.45, 2.75) is 51.7 Å². The second-order valence-electron chi connectivity index (χ2n) is 4.68. The van der Waals surface area contributed by atoms with Gasteiger partial charge in [0.05, 0.1) is 12.2 Å². The third kappa shape index (κ3) is 4.94. The molecule has 0 rings (SSSR count). The lowest BCUT2D eigenvalue weighted by Crippen LogP contribution is -2.44. The van der Waals surface area contributed by atoms with E-state index in [1.54, 1.807) is 0 Å². The van der Waals surface area contributed by atoms with Crippen LogP contribution < -0.4 is 5.32 Å². The number of aliphatic hydroxyl groups excluding tert-OH is 1. The molecule has 0 aromatic rings. The van der Waals surface area contributed by atoms with E-state index in [2.05, 4.69) is 26.1 Å². The third-order valence-electron chi connectivity index (χ3n) is 2.95. The molecule has 0 aromatic heterocycles. The number of ether oxygens (including phenoxy) is 1. The molecule has 0 saturated carbocycles. The van der Waals surface area contributed by atoms with Gasteiger partial charge < -0.3 is 15.2 Å². The first-order valence-corrected chi connectivity index (χ1v) is 5.33. The van der Waals surface area contributed by atoms with Crippen molar-refractivity contribution >= 4 is 0 Å². The minimum Gasteiger partial charge on any atom is -0.394 e. The molecule has 0 bridgehead atoms. The van der Waals surface area contributed by atoms with Crippen LogP contribution in [0.1, 0.15) is 40.5 Å². The van der Waals surface area contributed by atoms with Gasteiger partial charge in [0.2, 0.25) is 0 Å². The Kier molecular flexibility index (Phi) is 5.64. The van der Waals surface area contributed by atoms with Gasteiger partial charge in [-0.3, -0.25) is 0 Å². The molecule has 0 aliphatic carbocycles. The zero-order valence-electron chi connectivity index (χ0n) is 10.2. The van der Waals surface area contributed by atoms with E-state index >= 15 is 0 Å². The molecule has 0 aliphatic heterocycles. The molecular formula is C11H25NO2. The summed E-state index contributed by atoms with van der Waals surface area (Å²) in [5.74, 6) is 0. The van der Waals surface area contributed by atoms with Gasteiger partial charge >= 0.3 is 0 Å². The molecule has 3 heteroatoms. The summed E-state index contributed by atoms with van der Waals surface area (Å²) in [7, 11) is 1.86. The van der Waals surface area contributed by atoms with Crippen molar-refractivity contribution in [2.24, 2.45) is 0 Å². The largest absolute Gasteiger partial charge is 0.394 e. The van der Waals surface area contributed by atoms with Gasteiger partial charge in [0, 0.05) is 12.1 Å². The first kappa shape index (κ1) is 13.9. The van der Waals surface area contributed by atoms with E-state index in [1.807, 2.05) is 14.0 Å². The second kappa shape index (κ2) is 5.69. The highest BCUT2D eigenvalue weighted by Crippen LogP contribution is 2.16. The predicted octanol–water partition coefficient (Wildman–Crippen LogP) is 1.55. The summed E-state index contributed by atoms with van der Waals surface area (Å²) in [6.45, 7) is 9.10. The summed E-state index contributed by atoms with van der Waals surface area (Å²) in [4.78, 5) is 0. The quantitative estimate of drug-likeness (QED) is 0.659. The van der Waals surface area contributed by atoms with E-state index in [0.29, 0.717) is 6.61 Å². The molecule has 86 valence electrons. The lowest BCUT2D eigenvalue weighted by atomic mass is 9.99. The molecule has 0 aromatic carbocycles. The Morgan fingerprint density at radius 3 is 2.21 bits per heavy atom. The van der Waals surface area contributed by atoms with Crippen LogP contribution >= 0.6 is 0 Å². The van der Waals surface area contributed by atoms with Gasteiger partial charge in [0.25, 0.3) is 0 Å². The van der Waals surface area contributed by atoms with Gasteiger partial charge in [0.15, 0.2) is 0 Å². The van der Waals surface area contributed by atoms with E-state index in [9.17, 15) is 0 Å². The van der Waals surface area contributed by atoms with Gasteiger partial charge in [-0.15, -0.1) is 0 Å². The normalized spacial score (nSPS) is 16.7. The lowest BCUT2D eigenvalue weighted by molar-refractivity contribution is -0.0314. The highest BCUT2D eigenvalue weighted by atomic mass is 16.5. The van der Waals surface area contributed by atoms with E-state index in [4.69, 9.17) is 9.84 Å². The molecule has 1 atom stereocenters. The topological polar surface area (TPSA) is 41.5 Å². The van der Waals surface area contributed by atoms with Crippen molar-refractivity contribution in [1.82, 2.24) is 5.32 Å². The van der Waals surface area contributed by atoms with Crippen molar-refractivity contribution in [1.29, 1.82) is 0 Å². The number of likely N-dealkylation sites (N-methyl/N-ethyl adjacent to an activating group) is 1. The summed E-state index contributed by atoms with van der Waals surface area (Å²) >= 11 is 0. The fourth-order valence-corrected chi connectivity index (χ4v) is 0.938. The molecule has 0 radical (unpaired) electrons. The predicted molar refractivity (Wildman–Crippen MR) is 59.5 cm³/mol. The molecule has 2 N–H and O–H groups in total. The SMILES string of the molecule is CCC(C)(C)OCCC(C)(CO)NC. The first-order chi connectivity index (χ1) is 6.39. The first-order valence-electron chi connectivity index (χ1n) is 5.33. The van der Waals surface area contributed by atoms with Gasteiger partial charge in [-0.25, -0.2) is 0 Å². The highest BCUT2D eigenvalue weighted by Gasteiger charge is 2.22. The third-order valence-corrected chi connectivity index (χ3v) is 2.95. The molecule has 3 nitrogen and oxygen atoms in total. The number of aliphatic hydroxyl groups is 1. The molecule has 0 aliphatic rings. The summed E-state index contributed by atoms with van der Waals surface area (Å²) in [5, 5.41) is 12.3. The van der Waals surface area contributed by atoms with E-state index < -0.39 is 0 Å². The van der Waals surface area contributed by atoms with Crippen molar-refractivity contribution in [3.05, 3.63) is 0 Å². The minimum absolute atomic E-state index is 0.0515. The summed E-state index contributed by atoms with van der Waals surface area (Å²) < 4.78 is 5.73. The van der Waals surface area contributed by atoms with Crippen LogP contribution in [0.5, 0.6) is 0 Å². The molecule has 0 amide bonds. The highest BCUT2D eigenvalue weighted by molar-refractivity contribution is 4.80. The summed E-state index contributed by atoms with van der Waals surface area (Å²) in [6.07, 6.45) is 1.83. The van der Waals surface area contributed by atoms with Gasteiger partial charge in [0.1, 0.15) is 0 Å². The average Bonchev–Trinajstić information content (AvgIpc) is 2.17. The molecule has 0 saturated heterocycles. The van der Waals surface area contributed by atoms with Crippen LogP contribution in [0.2, 0.25) is 0 Å². The zero-order valence-corrected chi connectivity index (χ0v) is 10.2. The fraction of sp³-hybridized carbons (Fsp3) is 1.00. The maximum Gasteiger partial charge on any atom is 0.0623 e. The van der Waals surface area contributed by atoms with E-state index in [-0.39, 0.29) is 17.7 Å². The molecular weight excluding hydrogens is 178 g/mol. The Hall–Kier alpha value is -0.120.